The molecule has 4 aliphatic rings. The van der Waals surface area contributed by atoms with Gasteiger partial charge in [0.1, 0.15) is 22.0 Å². The van der Waals surface area contributed by atoms with Crippen LogP contribution in [-0.4, -0.2) is 158 Å². The van der Waals surface area contributed by atoms with Gasteiger partial charge in [-0.1, -0.05) is 36.2 Å². The van der Waals surface area contributed by atoms with E-state index in [1.807, 2.05) is 16.9 Å². The van der Waals surface area contributed by atoms with Crippen LogP contribution in [0.5, 0.6) is 11.5 Å². The number of alkyl halides is 3. The van der Waals surface area contributed by atoms with Crippen molar-refractivity contribution in [2.75, 3.05) is 115 Å². The van der Waals surface area contributed by atoms with E-state index in [-0.39, 0.29) is 29.0 Å². The molecule has 3 aromatic carbocycles. The van der Waals surface area contributed by atoms with E-state index < -0.39 is 46.8 Å². The highest BCUT2D eigenvalue weighted by atomic mass is 35.5. The van der Waals surface area contributed by atoms with E-state index in [1.165, 1.54) is 29.0 Å². The Balaban J connectivity index is 0.931. The second-order valence-electron chi connectivity index (χ2n) is 19.9. The van der Waals surface area contributed by atoms with E-state index in [0.717, 1.165) is 95.6 Å². The van der Waals surface area contributed by atoms with Crippen LogP contribution in [-0.2, 0) is 24.6 Å². The minimum Gasteiger partial charge on any atom is -0.455 e. The number of amides is 1. The van der Waals surface area contributed by atoms with Crippen molar-refractivity contribution >= 4 is 65.3 Å². The van der Waals surface area contributed by atoms with Crippen LogP contribution in [0.2, 0.25) is 5.02 Å². The molecule has 5 aromatic rings. The predicted octanol–water partition coefficient (Wildman–Crippen LogP) is 7.62. The molecule has 0 spiro atoms. The summed E-state index contributed by atoms with van der Waals surface area (Å²) in [6.45, 7) is 14.4. The average Bonchev–Trinajstić information content (AvgIpc) is 3.70. The molecule has 3 fully saturated rings. The lowest BCUT2D eigenvalue weighted by molar-refractivity contribution is -0.0435. The number of carbonyl (C=O) groups is 1. The summed E-state index contributed by atoms with van der Waals surface area (Å²) >= 11 is 6.33. The van der Waals surface area contributed by atoms with Crippen LogP contribution in [0.25, 0.3) is 16.6 Å². The molecule has 1 atom stereocenters. The number of carbonyl (C=O) groups excluding carboxylic acids is 1. The number of pyridine rings is 1. The van der Waals surface area contributed by atoms with Crippen molar-refractivity contribution in [1.29, 1.82) is 0 Å². The lowest BCUT2D eigenvalue weighted by atomic mass is 9.71. The molecule has 1 unspecified atom stereocenters. The maximum atomic E-state index is 14.1. The minimum atomic E-state index is -6.05. The van der Waals surface area contributed by atoms with Crippen LogP contribution in [0.15, 0.2) is 101 Å². The number of fused-ring (bicyclic) bond motifs is 1. The first-order chi connectivity index (χ1) is 35.4. The molecular weight excluding hydrogens is 1020 g/mol. The molecule has 0 bridgehead atoms. The Morgan fingerprint density at radius 2 is 1.68 bits per heavy atom. The van der Waals surface area contributed by atoms with Gasteiger partial charge in [0.25, 0.3) is 25.8 Å². The van der Waals surface area contributed by atoms with Crippen molar-refractivity contribution < 1.29 is 44.3 Å². The van der Waals surface area contributed by atoms with Crippen molar-refractivity contribution in [3.63, 3.8) is 0 Å². The first-order valence-corrected chi connectivity index (χ1v) is 28.5. The van der Waals surface area contributed by atoms with Crippen molar-refractivity contribution in [1.82, 2.24) is 34.7 Å². The molecule has 1 amide bonds. The molecule has 1 aliphatic carbocycles. The maximum Gasteiger partial charge on any atom is 0.501 e. The molecule has 9 rings (SSSR count). The molecule has 0 radical (unpaired) electrons. The number of anilines is 2. The number of ether oxygens (including phenoxy) is 2. The molecule has 398 valence electrons. The molecule has 22 heteroatoms. The summed E-state index contributed by atoms with van der Waals surface area (Å²) in [5.74, 6) is -0.914. The van der Waals surface area contributed by atoms with Gasteiger partial charge in [-0.05, 0) is 123 Å². The number of nitrogens with one attached hydrogen (secondary N) is 4. The number of rotatable bonds is 17. The fraction of sp³-hybridized carbons (Fsp3) is 0.462. The Kier molecular flexibility index (Phi) is 16.6. The number of nitrogens with zero attached hydrogens (tertiary/aromatic N) is 5. The molecule has 74 heavy (non-hydrogen) atoms. The lowest BCUT2D eigenvalue weighted by Crippen LogP contribution is -2.47. The number of sulfonamides is 1. The number of aromatic amines is 1. The SMILES string of the molecule is CC1(CN2CCCNCC2)CCC(c2ccc(Cl)cc2)=C(CN2CCN(c3ccc(C(=O)NS(=O)(=O)c4ccc(NCCCN5CCOCC5)c(S(=O)(=O)C(F)(F)F)c4)c(Oc4cnc5[nH]ccc5c4)c3)CC2)C1. The number of hydrogen-bond acceptors (Lipinski definition) is 14. The second kappa shape index (κ2) is 22.9. The number of morpholine rings is 1. The van der Waals surface area contributed by atoms with Gasteiger partial charge in [-0.2, -0.15) is 13.2 Å². The van der Waals surface area contributed by atoms with Crippen LogP contribution in [0, 0.1) is 5.41 Å². The van der Waals surface area contributed by atoms with Crippen molar-refractivity contribution in [3.05, 3.63) is 107 Å². The summed E-state index contributed by atoms with van der Waals surface area (Å²) < 4.78 is 109. The van der Waals surface area contributed by atoms with Gasteiger partial charge in [-0.25, -0.2) is 26.5 Å². The monoisotopic (exact) mass is 1080 g/mol. The van der Waals surface area contributed by atoms with Gasteiger partial charge in [0.05, 0.1) is 35.6 Å². The van der Waals surface area contributed by atoms with Gasteiger partial charge < -0.3 is 34.9 Å². The Morgan fingerprint density at radius 1 is 0.892 bits per heavy atom. The van der Waals surface area contributed by atoms with Crippen LogP contribution in [0.4, 0.5) is 24.5 Å². The highest BCUT2D eigenvalue weighted by Gasteiger charge is 2.48. The number of H-pyrrole nitrogens is 1. The Labute approximate surface area is 435 Å². The van der Waals surface area contributed by atoms with Crippen molar-refractivity contribution in [2.24, 2.45) is 5.41 Å². The molecular formula is C52H63ClF3N9O7S2. The Bertz CT molecular complexity index is 3050. The van der Waals surface area contributed by atoms with Gasteiger partial charge in [0.15, 0.2) is 0 Å². The Morgan fingerprint density at radius 3 is 2.45 bits per heavy atom. The standard InChI is InChI=1S/C52H63ClF3N9O7S2/c1-51(36-64-20-2-15-57-18-21-64)14-12-44(37-4-6-40(53)7-5-37)39(33-51)35-63-22-24-65(25-23-63)41-8-10-45(47(31-41)72-42-30-38-13-17-59-49(38)60-34-42)50(66)61-74(69,70)43-9-11-46(48(32-43)73(67,68)52(54,55)56)58-16-3-19-62-26-28-71-29-27-62/h4-11,13,17,30-32,34,57-58H,2-3,12,14-16,18-29,33,35-36H2,1H3,(H,59,60)(H,61,66). The van der Waals surface area contributed by atoms with Gasteiger partial charge in [-0.3, -0.25) is 14.6 Å². The number of piperazine rings is 1. The quantitative estimate of drug-likeness (QED) is 0.0668. The van der Waals surface area contributed by atoms with Crippen molar-refractivity contribution in [3.8, 4) is 11.5 Å². The smallest absolute Gasteiger partial charge is 0.455 e. The zero-order valence-electron chi connectivity index (χ0n) is 41.4. The number of allylic oxidation sites excluding steroid dienone is 1. The van der Waals surface area contributed by atoms with Crippen LogP contribution < -0.4 is 25.0 Å². The Hall–Kier alpha value is -5.26. The van der Waals surface area contributed by atoms with Gasteiger partial charge >= 0.3 is 5.51 Å². The van der Waals surface area contributed by atoms with E-state index in [1.54, 1.807) is 30.5 Å². The summed E-state index contributed by atoms with van der Waals surface area (Å²) in [6.07, 6.45) is 7.84. The molecule has 2 aromatic heterocycles. The number of sulfone groups is 1. The first-order valence-electron chi connectivity index (χ1n) is 25.1. The molecule has 3 saturated heterocycles. The summed E-state index contributed by atoms with van der Waals surface area (Å²) in [7, 11) is -11.0. The summed E-state index contributed by atoms with van der Waals surface area (Å²) in [6, 6.07) is 18.7. The number of benzene rings is 3. The summed E-state index contributed by atoms with van der Waals surface area (Å²) in [5.41, 5.74) is -0.912. The third-order valence-corrected chi connectivity index (χ3v) is 17.5. The first kappa shape index (κ1) is 53.6. The highest BCUT2D eigenvalue weighted by Crippen LogP contribution is 2.44. The second-order valence-corrected chi connectivity index (χ2v) is 23.9. The lowest BCUT2D eigenvalue weighted by Gasteiger charge is -2.42. The van der Waals surface area contributed by atoms with E-state index >= 15 is 0 Å². The van der Waals surface area contributed by atoms with E-state index in [0.29, 0.717) is 74.8 Å². The number of aromatic nitrogens is 2. The van der Waals surface area contributed by atoms with Crippen LogP contribution in [0.3, 0.4) is 0 Å². The average molecular weight is 1080 g/mol. The highest BCUT2D eigenvalue weighted by molar-refractivity contribution is 7.92. The fourth-order valence-corrected chi connectivity index (χ4v) is 12.6. The van der Waals surface area contributed by atoms with E-state index in [9.17, 15) is 34.8 Å². The number of halogens is 4. The maximum absolute atomic E-state index is 14.1. The molecule has 0 saturated carbocycles. The minimum absolute atomic E-state index is 0.00859. The topological polar surface area (TPSA) is 182 Å². The van der Waals surface area contributed by atoms with Crippen LogP contribution in [0.1, 0.15) is 54.9 Å². The zero-order valence-corrected chi connectivity index (χ0v) is 43.7. The van der Waals surface area contributed by atoms with Gasteiger partial charge in [-0.15, -0.1) is 0 Å². The molecule has 4 N–H and O–H groups in total. The van der Waals surface area contributed by atoms with E-state index in [2.05, 4.69) is 59.3 Å². The zero-order chi connectivity index (χ0) is 52.1. The molecule has 16 nitrogen and oxygen atoms in total. The van der Waals surface area contributed by atoms with Crippen LogP contribution >= 0.6 is 11.6 Å². The third kappa shape index (κ3) is 12.9. The summed E-state index contributed by atoms with van der Waals surface area (Å²) in [5, 5.41) is 7.69. The van der Waals surface area contributed by atoms with Gasteiger partial charge in [0.2, 0.25) is 0 Å². The van der Waals surface area contributed by atoms with Crippen molar-refractivity contribution in [2.45, 2.75) is 54.3 Å². The molecule has 5 heterocycles. The largest absolute Gasteiger partial charge is 0.501 e. The third-order valence-electron chi connectivity index (χ3n) is 14.4. The van der Waals surface area contributed by atoms with E-state index in [4.69, 9.17) is 21.1 Å². The van der Waals surface area contributed by atoms with Gasteiger partial charge in [0, 0.05) is 100 Å². The fourth-order valence-electron chi connectivity index (χ4n) is 10.5. The number of hydrogen-bond donors (Lipinski definition) is 4. The predicted molar refractivity (Wildman–Crippen MR) is 280 cm³/mol. The molecule has 3 aliphatic heterocycles. The normalized spacial score (nSPS) is 20.1. The summed E-state index contributed by atoms with van der Waals surface area (Å²) in [4.78, 5) is 28.8.